The molecule has 9 nitrogen and oxygen atoms in total. The Morgan fingerprint density at radius 1 is 1.00 bits per heavy atom. The summed E-state index contributed by atoms with van der Waals surface area (Å²) in [6.07, 6.45) is 0.870. The van der Waals surface area contributed by atoms with Gasteiger partial charge in [0.2, 0.25) is 0 Å². The molecule has 4 aromatic heterocycles. The summed E-state index contributed by atoms with van der Waals surface area (Å²) in [6.45, 7) is 14.3. The van der Waals surface area contributed by atoms with Crippen molar-refractivity contribution in [2.24, 2.45) is 0 Å². The lowest BCUT2D eigenvalue weighted by Crippen LogP contribution is -2.34. The van der Waals surface area contributed by atoms with E-state index in [1.165, 1.54) is 16.0 Å². The molecular weight excluding hydrogens is 458 g/mol. The molecule has 0 bridgehead atoms. The smallest absolute Gasteiger partial charge is 0.184 e. The Morgan fingerprint density at radius 3 is 2.49 bits per heavy atom. The lowest BCUT2D eigenvalue weighted by molar-refractivity contribution is 0.155. The Balaban J connectivity index is 1.62. The molecule has 0 fully saturated rings. The van der Waals surface area contributed by atoms with E-state index in [9.17, 15) is 0 Å². The van der Waals surface area contributed by atoms with Gasteiger partial charge in [-0.05, 0) is 103 Å². The van der Waals surface area contributed by atoms with Gasteiger partial charge in [0, 0.05) is 28.9 Å². The SMILES string of the molecule is CC[C@H](c1nnnn1C(C)(C)C)N(Cc1cccs1)Cc1cc2cc(C)c(C)cc2n2nnnc12. The Morgan fingerprint density at radius 2 is 1.77 bits per heavy atom. The largest absolute Gasteiger partial charge is 0.284 e. The van der Waals surface area contributed by atoms with Crippen molar-refractivity contribution < 1.29 is 0 Å². The Labute approximate surface area is 208 Å². The highest BCUT2D eigenvalue weighted by Crippen LogP contribution is 2.31. The van der Waals surface area contributed by atoms with Gasteiger partial charge < -0.3 is 0 Å². The second-order valence-electron chi connectivity index (χ2n) is 10.1. The maximum atomic E-state index is 4.49. The highest BCUT2D eigenvalue weighted by atomic mass is 32.1. The number of fused-ring (bicyclic) bond motifs is 3. The van der Waals surface area contributed by atoms with Crippen LogP contribution in [-0.2, 0) is 18.6 Å². The maximum absolute atomic E-state index is 4.49. The molecule has 4 heterocycles. The predicted molar refractivity (Wildman–Crippen MR) is 137 cm³/mol. The third kappa shape index (κ3) is 4.43. The van der Waals surface area contributed by atoms with Crippen LogP contribution in [0.4, 0.5) is 0 Å². The van der Waals surface area contributed by atoms with E-state index in [4.69, 9.17) is 0 Å². The van der Waals surface area contributed by atoms with E-state index >= 15 is 0 Å². The van der Waals surface area contributed by atoms with E-state index in [1.807, 2.05) is 9.20 Å². The molecule has 5 aromatic rings. The first-order chi connectivity index (χ1) is 16.8. The number of benzene rings is 1. The van der Waals surface area contributed by atoms with Crippen molar-refractivity contribution in [3.05, 3.63) is 63.1 Å². The molecule has 0 radical (unpaired) electrons. The van der Waals surface area contributed by atoms with E-state index < -0.39 is 0 Å². The lowest BCUT2D eigenvalue weighted by Gasteiger charge is -2.32. The number of hydrogen-bond donors (Lipinski definition) is 0. The third-order valence-electron chi connectivity index (χ3n) is 6.52. The molecule has 10 heteroatoms. The molecule has 0 spiro atoms. The van der Waals surface area contributed by atoms with Crippen LogP contribution < -0.4 is 0 Å². The van der Waals surface area contributed by atoms with Gasteiger partial charge in [-0.3, -0.25) is 4.90 Å². The van der Waals surface area contributed by atoms with Gasteiger partial charge in [0.25, 0.3) is 0 Å². The summed E-state index contributed by atoms with van der Waals surface area (Å²) in [7, 11) is 0. The standard InChI is InChI=1S/C25H31N9S/c1-7-21(24-27-29-31-34(24)25(4,5)6)32(15-20-9-8-10-35-20)14-19-13-18-11-16(2)17(3)12-22(18)33-23(19)26-28-30-33/h8-13,21H,7,14-15H2,1-6H3/t21-/m1/s1. The summed E-state index contributed by atoms with van der Waals surface area (Å²) in [5, 5.41) is 28.9. The summed E-state index contributed by atoms with van der Waals surface area (Å²) >= 11 is 1.76. The molecule has 5 rings (SSSR count). The van der Waals surface area contributed by atoms with Crippen molar-refractivity contribution in [2.45, 2.75) is 72.6 Å². The van der Waals surface area contributed by atoms with Gasteiger partial charge in [-0.1, -0.05) is 13.0 Å². The van der Waals surface area contributed by atoms with E-state index in [-0.39, 0.29) is 11.6 Å². The summed E-state index contributed by atoms with van der Waals surface area (Å²) < 4.78 is 3.81. The average molecular weight is 490 g/mol. The van der Waals surface area contributed by atoms with Crippen molar-refractivity contribution >= 4 is 27.9 Å². The normalized spacial score (nSPS) is 13.3. The zero-order valence-corrected chi connectivity index (χ0v) is 21.9. The number of nitrogens with zero attached hydrogens (tertiary/aromatic N) is 9. The minimum Gasteiger partial charge on any atom is -0.284 e. The van der Waals surface area contributed by atoms with E-state index in [2.05, 4.69) is 113 Å². The fourth-order valence-corrected chi connectivity index (χ4v) is 5.35. The molecule has 1 aromatic carbocycles. The maximum Gasteiger partial charge on any atom is 0.184 e. The predicted octanol–water partition coefficient (Wildman–Crippen LogP) is 4.85. The van der Waals surface area contributed by atoms with Crippen molar-refractivity contribution in [3.63, 3.8) is 0 Å². The molecule has 0 aliphatic carbocycles. The molecule has 35 heavy (non-hydrogen) atoms. The molecule has 1 atom stereocenters. The number of aryl methyl sites for hydroxylation is 2. The summed E-state index contributed by atoms with van der Waals surface area (Å²) in [4.78, 5) is 3.73. The summed E-state index contributed by atoms with van der Waals surface area (Å²) in [5.41, 5.74) is 5.13. The van der Waals surface area contributed by atoms with Gasteiger partial charge in [-0.25, -0.2) is 4.68 Å². The van der Waals surface area contributed by atoms with Gasteiger partial charge >= 0.3 is 0 Å². The van der Waals surface area contributed by atoms with E-state index in [0.29, 0.717) is 6.54 Å². The van der Waals surface area contributed by atoms with Crippen LogP contribution in [-0.4, -0.2) is 45.1 Å². The fourth-order valence-electron chi connectivity index (χ4n) is 4.62. The van der Waals surface area contributed by atoms with Crippen molar-refractivity contribution in [2.75, 3.05) is 0 Å². The molecular formula is C25H31N9S. The molecule has 0 aliphatic heterocycles. The van der Waals surface area contributed by atoms with Crippen molar-refractivity contribution in [1.29, 1.82) is 0 Å². The molecule has 0 aliphatic rings. The second-order valence-corrected chi connectivity index (χ2v) is 11.1. The first-order valence-corrected chi connectivity index (χ1v) is 12.8. The molecule has 0 saturated carbocycles. The second kappa shape index (κ2) is 9.09. The van der Waals surface area contributed by atoms with Gasteiger partial charge in [-0.15, -0.1) is 21.5 Å². The first-order valence-electron chi connectivity index (χ1n) is 11.9. The van der Waals surface area contributed by atoms with Crippen LogP contribution in [0.25, 0.3) is 16.6 Å². The highest BCUT2D eigenvalue weighted by molar-refractivity contribution is 7.09. The molecule has 0 saturated heterocycles. The number of hydrogen-bond acceptors (Lipinski definition) is 8. The Bertz CT molecular complexity index is 1460. The Hall–Kier alpha value is -3.24. The van der Waals surface area contributed by atoms with Crippen LogP contribution >= 0.6 is 11.3 Å². The zero-order chi connectivity index (χ0) is 24.7. The van der Waals surface area contributed by atoms with Crippen molar-refractivity contribution in [1.82, 2.24) is 45.1 Å². The molecule has 0 unspecified atom stereocenters. The molecule has 182 valence electrons. The quantitative estimate of drug-likeness (QED) is 0.323. The van der Waals surface area contributed by atoms with Crippen LogP contribution in [0.1, 0.15) is 67.5 Å². The lowest BCUT2D eigenvalue weighted by atomic mass is 10.0. The van der Waals surface area contributed by atoms with E-state index in [0.717, 1.165) is 40.9 Å². The number of pyridine rings is 1. The fraction of sp³-hybridized carbons (Fsp3) is 0.440. The van der Waals surface area contributed by atoms with Crippen LogP contribution in [0.5, 0.6) is 0 Å². The van der Waals surface area contributed by atoms with Crippen molar-refractivity contribution in [3.8, 4) is 0 Å². The minimum atomic E-state index is -0.219. The highest BCUT2D eigenvalue weighted by Gasteiger charge is 2.30. The number of tetrazole rings is 2. The van der Waals surface area contributed by atoms with Gasteiger partial charge in [0.15, 0.2) is 11.5 Å². The Kier molecular flexibility index (Phi) is 6.10. The third-order valence-corrected chi connectivity index (χ3v) is 7.39. The zero-order valence-electron chi connectivity index (χ0n) is 21.1. The number of rotatable bonds is 7. The number of thiophene rings is 1. The average Bonchev–Trinajstić information content (AvgIpc) is 3.57. The number of aromatic nitrogens is 8. The van der Waals surface area contributed by atoms with Crippen LogP contribution in [0.15, 0.2) is 35.7 Å². The monoisotopic (exact) mass is 489 g/mol. The van der Waals surface area contributed by atoms with E-state index in [1.54, 1.807) is 11.3 Å². The first kappa shape index (κ1) is 23.5. The topological polar surface area (TPSA) is 89.9 Å². The molecule has 0 amide bonds. The van der Waals surface area contributed by atoms with Gasteiger partial charge in [-0.2, -0.15) is 4.52 Å². The van der Waals surface area contributed by atoms with Crippen LogP contribution in [0.2, 0.25) is 0 Å². The van der Waals surface area contributed by atoms with Gasteiger partial charge in [0.05, 0.1) is 17.1 Å². The minimum absolute atomic E-state index is 0.0257. The van der Waals surface area contributed by atoms with Crippen LogP contribution in [0.3, 0.4) is 0 Å². The van der Waals surface area contributed by atoms with Gasteiger partial charge in [0.1, 0.15) is 0 Å². The molecule has 0 N–H and O–H groups in total. The summed E-state index contributed by atoms with van der Waals surface area (Å²) in [5.74, 6) is 0.874. The van der Waals surface area contributed by atoms with Crippen LogP contribution in [0, 0.1) is 13.8 Å². The summed E-state index contributed by atoms with van der Waals surface area (Å²) in [6, 6.07) is 10.9.